The quantitative estimate of drug-likeness (QED) is 0.437. The highest BCUT2D eigenvalue weighted by atomic mass is 32.2. The molecule has 0 spiro atoms. The van der Waals surface area contributed by atoms with E-state index in [2.05, 4.69) is 17.1 Å². The highest BCUT2D eigenvalue weighted by Crippen LogP contribution is 2.38. The smallest absolute Gasteiger partial charge is 0.341 e. The summed E-state index contributed by atoms with van der Waals surface area (Å²) in [7, 11) is -0.974. The maximum atomic E-state index is 13.0. The number of nitrogens with zero attached hydrogens (tertiary/aromatic N) is 2. The third-order valence-corrected chi connectivity index (χ3v) is 9.12. The molecule has 2 heterocycles. The van der Waals surface area contributed by atoms with Crippen LogP contribution >= 0.6 is 11.3 Å². The molecular formula is C26H29N3O5S2. The zero-order chi connectivity index (χ0) is 25.9. The summed E-state index contributed by atoms with van der Waals surface area (Å²) < 4.78 is 32.2. The molecule has 4 rings (SSSR count). The first-order chi connectivity index (χ1) is 17.3. The normalized spacial score (nSPS) is 13.6. The molecule has 3 aromatic rings. The van der Waals surface area contributed by atoms with Gasteiger partial charge in [-0.2, -0.15) is 0 Å². The minimum absolute atomic E-state index is 0.0725. The van der Waals surface area contributed by atoms with Crippen molar-refractivity contribution in [3.8, 4) is 0 Å². The molecule has 0 fully saturated rings. The van der Waals surface area contributed by atoms with E-state index < -0.39 is 21.9 Å². The summed E-state index contributed by atoms with van der Waals surface area (Å²) in [6.45, 7) is 4.69. The van der Waals surface area contributed by atoms with Crippen LogP contribution in [-0.2, 0) is 27.7 Å². The summed E-state index contributed by atoms with van der Waals surface area (Å²) in [6.07, 6.45) is 1.76. The lowest BCUT2D eigenvalue weighted by Crippen LogP contribution is -2.30. The third-order valence-electron chi connectivity index (χ3n) is 6.19. The van der Waals surface area contributed by atoms with Crippen LogP contribution in [0.1, 0.15) is 44.5 Å². The fourth-order valence-corrected chi connectivity index (χ4v) is 6.73. The van der Waals surface area contributed by atoms with Crippen LogP contribution in [0, 0.1) is 0 Å². The van der Waals surface area contributed by atoms with Crippen LogP contribution in [0.25, 0.3) is 0 Å². The largest absolute Gasteiger partial charge is 0.465 e. The van der Waals surface area contributed by atoms with Crippen molar-refractivity contribution in [1.29, 1.82) is 0 Å². The Kier molecular flexibility index (Phi) is 7.77. The van der Waals surface area contributed by atoms with E-state index in [-0.39, 0.29) is 10.5 Å². The molecule has 0 unspecified atom stereocenters. The van der Waals surface area contributed by atoms with Crippen LogP contribution in [0.4, 0.5) is 10.7 Å². The van der Waals surface area contributed by atoms with Gasteiger partial charge in [0, 0.05) is 30.6 Å². The number of esters is 1. The van der Waals surface area contributed by atoms with Gasteiger partial charge in [-0.1, -0.05) is 25.1 Å². The minimum Gasteiger partial charge on any atom is -0.465 e. The molecule has 0 saturated heterocycles. The maximum absolute atomic E-state index is 13.0. The lowest BCUT2D eigenvalue weighted by atomic mass is 10.0. The van der Waals surface area contributed by atoms with Gasteiger partial charge in [-0.25, -0.2) is 13.2 Å². The van der Waals surface area contributed by atoms with Gasteiger partial charge in [0.15, 0.2) is 0 Å². The number of benzene rings is 2. The van der Waals surface area contributed by atoms with Crippen molar-refractivity contribution in [2.24, 2.45) is 0 Å². The molecule has 2 aromatic carbocycles. The van der Waals surface area contributed by atoms with E-state index in [0.29, 0.717) is 22.7 Å². The highest BCUT2D eigenvalue weighted by molar-refractivity contribution is 7.92. The lowest BCUT2D eigenvalue weighted by Gasteiger charge is -2.26. The predicted octanol–water partition coefficient (Wildman–Crippen LogP) is 4.38. The van der Waals surface area contributed by atoms with Crippen molar-refractivity contribution in [2.45, 2.75) is 31.2 Å². The van der Waals surface area contributed by atoms with Gasteiger partial charge in [0.05, 0.1) is 23.3 Å². The van der Waals surface area contributed by atoms with Crippen molar-refractivity contribution in [1.82, 2.24) is 4.90 Å². The van der Waals surface area contributed by atoms with E-state index >= 15 is 0 Å². The van der Waals surface area contributed by atoms with Crippen LogP contribution < -0.4 is 9.62 Å². The molecule has 0 aliphatic carbocycles. The minimum atomic E-state index is -3.79. The highest BCUT2D eigenvalue weighted by Gasteiger charge is 2.29. The van der Waals surface area contributed by atoms with Crippen molar-refractivity contribution in [3.63, 3.8) is 0 Å². The van der Waals surface area contributed by atoms with Gasteiger partial charge in [-0.3, -0.25) is 14.0 Å². The second-order valence-corrected chi connectivity index (χ2v) is 11.6. The number of anilines is 2. The van der Waals surface area contributed by atoms with Crippen LogP contribution in [-0.4, -0.2) is 52.4 Å². The molecule has 8 nitrogen and oxygen atoms in total. The van der Waals surface area contributed by atoms with Gasteiger partial charge < -0.3 is 10.1 Å². The zero-order valence-corrected chi connectivity index (χ0v) is 22.1. The number of methoxy groups -OCH3 is 1. The van der Waals surface area contributed by atoms with E-state index in [1.165, 1.54) is 54.1 Å². The number of carbonyl (C=O) groups excluding carboxylic acids is 2. The third kappa shape index (κ3) is 5.16. The molecular weight excluding hydrogens is 498 g/mol. The zero-order valence-electron chi connectivity index (χ0n) is 20.5. The van der Waals surface area contributed by atoms with Gasteiger partial charge in [0.25, 0.3) is 15.9 Å². The first-order valence-corrected chi connectivity index (χ1v) is 13.9. The van der Waals surface area contributed by atoms with Gasteiger partial charge in [0.2, 0.25) is 0 Å². The Hall–Kier alpha value is -3.21. The number of carbonyl (C=O) groups is 2. The number of amides is 1. The Morgan fingerprint density at radius 1 is 1.11 bits per heavy atom. The van der Waals surface area contributed by atoms with Gasteiger partial charge >= 0.3 is 5.97 Å². The van der Waals surface area contributed by atoms with Crippen LogP contribution in [0.2, 0.25) is 0 Å². The second kappa shape index (κ2) is 10.8. The molecule has 190 valence electrons. The Morgan fingerprint density at radius 2 is 1.81 bits per heavy atom. The van der Waals surface area contributed by atoms with Crippen molar-refractivity contribution in [2.75, 3.05) is 36.9 Å². The molecule has 0 atom stereocenters. The number of hydrogen-bond acceptors (Lipinski definition) is 7. The number of rotatable bonds is 8. The Balaban J connectivity index is 1.55. The molecule has 0 bridgehead atoms. The van der Waals surface area contributed by atoms with E-state index in [1.54, 1.807) is 24.3 Å². The average Bonchev–Trinajstić information content (AvgIpc) is 3.25. The van der Waals surface area contributed by atoms with Crippen LogP contribution in [0.5, 0.6) is 0 Å². The molecule has 1 amide bonds. The summed E-state index contributed by atoms with van der Waals surface area (Å²) >= 11 is 1.39. The standard InChI is InChI=1S/C26H29N3O5S2/c1-4-15-29-16-14-21-22(17-29)35-25(23(21)26(31)34-3)27-24(30)18-10-12-20(13-11-18)36(32,33)28(2)19-8-6-5-7-9-19/h5-13H,4,14-17H2,1-3H3,(H,27,30). The molecule has 1 aliphatic heterocycles. The fourth-order valence-electron chi connectivity index (χ4n) is 4.26. The van der Waals surface area contributed by atoms with Gasteiger partial charge in [-0.15, -0.1) is 11.3 Å². The van der Waals surface area contributed by atoms with E-state index in [9.17, 15) is 18.0 Å². The van der Waals surface area contributed by atoms with Gasteiger partial charge in [-0.05, 0) is 61.3 Å². The van der Waals surface area contributed by atoms with E-state index in [1.807, 2.05) is 6.07 Å². The maximum Gasteiger partial charge on any atom is 0.341 e. The van der Waals surface area contributed by atoms with Crippen molar-refractivity contribution < 1.29 is 22.7 Å². The van der Waals surface area contributed by atoms with E-state index in [0.717, 1.165) is 36.5 Å². The lowest BCUT2D eigenvalue weighted by molar-refractivity contribution is 0.0600. The summed E-state index contributed by atoms with van der Waals surface area (Å²) in [5.74, 6) is -0.901. The topological polar surface area (TPSA) is 96.0 Å². The molecule has 1 aromatic heterocycles. The van der Waals surface area contributed by atoms with Crippen LogP contribution in [0.15, 0.2) is 59.5 Å². The van der Waals surface area contributed by atoms with Crippen molar-refractivity contribution >= 4 is 43.9 Å². The van der Waals surface area contributed by atoms with E-state index in [4.69, 9.17) is 4.74 Å². The van der Waals surface area contributed by atoms with Crippen molar-refractivity contribution in [3.05, 3.63) is 76.2 Å². The molecule has 0 radical (unpaired) electrons. The fraction of sp³-hybridized carbons (Fsp3) is 0.308. The first kappa shape index (κ1) is 25.9. The van der Waals surface area contributed by atoms with Crippen LogP contribution in [0.3, 0.4) is 0 Å². The Bertz CT molecular complexity index is 1350. The SMILES string of the molecule is CCCN1CCc2c(sc(NC(=O)c3ccc(S(=O)(=O)N(C)c4ccccc4)cc3)c2C(=O)OC)C1. The monoisotopic (exact) mass is 527 g/mol. The number of hydrogen-bond donors (Lipinski definition) is 1. The summed E-state index contributed by atoms with van der Waals surface area (Å²) in [4.78, 5) is 29.1. The number of ether oxygens (including phenoxy) is 1. The number of fused-ring (bicyclic) bond motifs is 1. The molecule has 1 aliphatic rings. The number of nitrogens with one attached hydrogen (secondary N) is 1. The summed E-state index contributed by atoms with van der Waals surface area (Å²) in [5.41, 5.74) is 2.16. The number of para-hydroxylation sites is 1. The number of sulfonamides is 1. The molecule has 10 heteroatoms. The Morgan fingerprint density at radius 3 is 2.44 bits per heavy atom. The molecule has 36 heavy (non-hydrogen) atoms. The Labute approximate surface area is 215 Å². The number of thiophene rings is 1. The molecule has 1 N–H and O–H groups in total. The summed E-state index contributed by atoms with van der Waals surface area (Å²) in [5, 5.41) is 3.31. The summed E-state index contributed by atoms with van der Waals surface area (Å²) in [6, 6.07) is 14.5. The van der Waals surface area contributed by atoms with Gasteiger partial charge in [0.1, 0.15) is 5.00 Å². The predicted molar refractivity (Wildman–Crippen MR) is 141 cm³/mol. The first-order valence-electron chi connectivity index (χ1n) is 11.7. The molecule has 0 saturated carbocycles. The average molecular weight is 528 g/mol. The second-order valence-electron chi connectivity index (χ2n) is 8.51.